The van der Waals surface area contributed by atoms with Crippen LogP contribution in [0.2, 0.25) is 5.02 Å². The first kappa shape index (κ1) is 26.5. The number of halogens is 3. The summed E-state index contributed by atoms with van der Waals surface area (Å²) < 4.78 is 23.1. The van der Waals surface area contributed by atoms with Gasteiger partial charge in [-0.25, -0.2) is 18.7 Å². The van der Waals surface area contributed by atoms with Crippen LogP contribution in [0.3, 0.4) is 0 Å². The fraction of sp³-hybridized carbons (Fsp3) is 0.107. The molecule has 11 heteroatoms. The lowest BCUT2D eigenvalue weighted by molar-refractivity contribution is 0.220. The maximum Gasteiger partial charge on any atom is 0.350 e. The summed E-state index contributed by atoms with van der Waals surface area (Å²) in [7, 11) is 1.66. The molecule has 5 rings (SSSR count). The van der Waals surface area contributed by atoms with Crippen molar-refractivity contribution in [2.75, 3.05) is 12.4 Å². The number of amides is 2. The molecule has 39 heavy (non-hydrogen) atoms. The second-order valence-electron chi connectivity index (χ2n) is 8.79. The van der Waals surface area contributed by atoms with E-state index < -0.39 is 5.82 Å². The molecule has 0 aliphatic heterocycles. The fourth-order valence-electron chi connectivity index (χ4n) is 3.96. The summed E-state index contributed by atoms with van der Waals surface area (Å²) >= 11 is 9.32. The number of hydrogen-bond donors (Lipinski definition) is 1. The van der Waals surface area contributed by atoms with Crippen molar-refractivity contribution in [3.63, 3.8) is 0 Å². The molecule has 0 spiro atoms. The number of aromatic nitrogens is 3. The molecule has 8 nitrogen and oxygen atoms in total. The molecule has 0 saturated carbocycles. The van der Waals surface area contributed by atoms with Crippen molar-refractivity contribution in [2.45, 2.75) is 13.1 Å². The second kappa shape index (κ2) is 11.3. The van der Waals surface area contributed by atoms with Crippen LogP contribution in [-0.4, -0.2) is 32.2 Å². The van der Waals surface area contributed by atoms with Crippen molar-refractivity contribution < 1.29 is 13.9 Å². The lowest BCUT2D eigenvalue weighted by Gasteiger charge is -2.20. The van der Waals surface area contributed by atoms with E-state index in [1.54, 1.807) is 49.6 Å². The molecule has 0 aliphatic rings. The van der Waals surface area contributed by atoms with Crippen LogP contribution in [-0.2, 0) is 13.1 Å². The number of ether oxygens (including phenoxy) is 1. The first-order valence-electron chi connectivity index (χ1n) is 11.8. The highest BCUT2D eigenvalue weighted by molar-refractivity contribution is 9.10. The van der Waals surface area contributed by atoms with Gasteiger partial charge in [-0.1, -0.05) is 51.8 Å². The molecule has 0 aliphatic carbocycles. The van der Waals surface area contributed by atoms with Gasteiger partial charge in [-0.15, -0.1) is 5.10 Å². The van der Waals surface area contributed by atoms with Crippen molar-refractivity contribution >= 4 is 44.9 Å². The lowest BCUT2D eigenvalue weighted by Crippen LogP contribution is -2.31. The number of urea groups is 1. The maximum atomic E-state index is 13.6. The topological polar surface area (TPSA) is 80.9 Å². The van der Waals surface area contributed by atoms with Crippen LogP contribution >= 0.6 is 27.5 Å². The van der Waals surface area contributed by atoms with Gasteiger partial charge in [-0.3, -0.25) is 4.40 Å². The number of hydrogen-bond acceptors (Lipinski definition) is 4. The third-order valence-electron chi connectivity index (χ3n) is 5.90. The molecule has 0 fully saturated rings. The van der Waals surface area contributed by atoms with E-state index in [0.717, 1.165) is 15.6 Å². The summed E-state index contributed by atoms with van der Waals surface area (Å²) in [6, 6.07) is 21.8. The van der Waals surface area contributed by atoms with Crippen LogP contribution in [0.5, 0.6) is 11.5 Å². The summed E-state index contributed by atoms with van der Waals surface area (Å²) in [6.07, 6.45) is 1.67. The molecule has 0 atom stereocenters. The van der Waals surface area contributed by atoms with Crippen LogP contribution in [0, 0.1) is 5.82 Å². The number of carbonyl (C=O) groups is 1. The van der Waals surface area contributed by atoms with Gasteiger partial charge >= 0.3 is 11.7 Å². The monoisotopic (exact) mass is 609 g/mol. The SMILES string of the molecule is CN(Cc1ccc(Br)cc1Oc1ccc(F)c(Cl)c1)C(=O)Nc1cccc(Cn2nc3ccccn3c2=O)c1. The molecule has 5 aromatic rings. The standard InChI is InChI=1S/C28H22BrClFN5O3/c1-34(17-19-8-9-20(29)14-25(19)39-22-10-11-24(31)23(30)15-22)27(37)32-21-6-4-5-18(13-21)16-36-28(38)35-12-3-2-7-26(35)33-36/h2-15H,16-17H2,1H3,(H,32,37). The van der Waals surface area contributed by atoms with E-state index in [-0.39, 0.29) is 29.8 Å². The van der Waals surface area contributed by atoms with Gasteiger partial charge in [0.1, 0.15) is 17.3 Å². The normalized spacial score (nSPS) is 11.0. The van der Waals surface area contributed by atoms with Gasteiger partial charge in [0.05, 0.1) is 18.1 Å². The highest BCUT2D eigenvalue weighted by Gasteiger charge is 2.15. The summed E-state index contributed by atoms with van der Waals surface area (Å²) in [5.41, 5.74) is 2.44. The van der Waals surface area contributed by atoms with Gasteiger partial charge in [0.25, 0.3) is 0 Å². The van der Waals surface area contributed by atoms with Crippen molar-refractivity contribution in [1.82, 2.24) is 19.1 Å². The Hall–Kier alpha value is -4.15. The molecule has 2 aromatic heterocycles. The molecule has 3 aromatic carbocycles. The Kier molecular flexibility index (Phi) is 7.67. The molecule has 0 saturated heterocycles. The zero-order valence-electron chi connectivity index (χ0n) is 20.6. The average molecular weight is 611 g/mol. The number of benzene rings is 3. The fourth-order valence-corrected chi connectivity index (χ4v) is 4.47. The van der Waals surface area contributed by atoms with E-state index in [1.165, 1.54) is 32.2 Å². The van der Waals surface area contributed by atoms with E-state index in [2.05, 4.69) is 26.3 Å². The highest BCUT2D eigenvalue weighted by atomic mass is 79.9. The van der Waals surface area contributed by atoms with E-state index in [0.29, 0.717) is 22.8 Å². The van der Waals surface area contributed by atoms with E-state index in [4.69, 9.17) is 16.3 Å². The third kappa shape index (κ3) is 6.13. The van der Waals surface area contributed by atoms with Gasteiger partial charge in [0.15, 0.2) is 5.65 Å². The van der Waals surface area contributed by atoms with Crippen LogP contribution in [0.4, 0.5) is 14.9 Å². The Morgan fingerprint density at radius 3 is 2.74 bits per heavy atom. The van der Waals surface area contributed by atoms with Gasteiger partial charge < -0.3 is 15.0 Å². The van der Waals surface area contributed by atoms with Gasteiger partial charge in [0, 0.05) is 35.0 Å². The number of anilines is 1. The van der Waals surface area contributed by atoms with Crippen LogP contribution < -0.4 is 15.7 Å². The summed E-state index contributed by atoms with van der Waals surface area (Å²) in [5, 5.41) is 7.20. The van der Waals surface area contributed by atoms with Crippen LogP contribution in [0.25, 0.3) is 5.65 Å². The minimum atomic E-state index is -0.538. The minimum absolute atomic E-state index is 0.0474. The summed E-state index contributed by atoms with van der Waals surface area (Å²) in [5.74, 6) is 0.324. The second-order valence-corrected chi connectivity index (χ2v) is 10.1. The van der Waals surface area contributed by atoms with Gasteiger partial charge in [0.2, 0.25) is 0 Å². The van der Waals surface area contributed by atoms with Crippen molar-refractivity contribution in [2.24, 2.45) is 0 Å². The first-order chi connectivity index (χ1) is 18.8. The molecule has 0 bridgehead atoms. The first-order valence-corrected chi connectivity index (χ1v) is 13.0. The molecule has 0 unspecified atom stereocenters. The minimum Gasteiger partial charge on any atom is -0.457 e. The number of nitrogens with zero attached hydrogens (tertiary/aromatic N) is 4. The summed E-state index contributed by atoms with van der Waals surface area (Å²) in [6.45, 7) is 0.493. The zero-order valence-corrected chi connectivity index (χ0v) is 23.0. The van der Waals surface area contributed by atoms with E-state index in [9.17, 15) is 14.0 Å². The molecule has 1 N–H and O–H groups in total. The third-order valence-corrected chi connectivity index (χ3v) is 6.68. The van der Waals surface area contributed by atoms with Crippen LogP contribution in [0.1, 0.15) is 11.1 Å². The number of fused-ring (bicyclic) bond motifs is 1. The quantitative estimate of drug-likeness (QED) is 0.227. The summed E-state index contributed by atoms with van der Waals surface area (Å²) in [4.78, 5) is 27.1. The van der Waals surface area contributed by atoms with E-state index in [1.807, 2.05) is 24.3 Å². The lowest BCUT2D eigenvalue weighted by atomic mass is 10.2. The largest absolute Gasteiger partial charge is 0.457 e. The van der Waals surface area contributed by atoms with Gasteiger partial charge in [-0.2, -0.15) is 0 Å². The van der Waals surface area contributed by atoms with Crippen LogP contribution in [0.15, 0.2) is 94.3 Å². The Labute approximate surface area is 236 Å². The number of nitrogens with one attached hydrogen (secondary N) is 1. The Bertz CT molecular complexity index is 1740. The Morgan fingerprint density at radius 1 is 1.10 bits per heavy atom. The molecule has 0 radical (unpaired) electrons. The number of pyridine rings is 1. The smallest absolute Gasteiger partial charge is 0.350 e. The van der Waals surface area contributed by atoms with Gasteiger partial charge in [-0.05, 0) is 54.1 Å². The van der Waals surface area contributed by atoms with Crippen molar-refractivity contribution in [1.29, 1.82) is 0 Å². The van der Waals surface area contributed by atoms with Crippen molar-refractivity contribution in [3.05, 3.63) is 122 Å². The molecule has 198 valence electrons. The number of rotatable bonds is 7. The maximum absolute atomic E-state index is 13.6. The molecular formula is C28H22BrClFN5O3. The Morgan fingerprint density at radius 2 is 1.95 bits per heavy atom. The number of carbonyl (C=O) groups excluding carboxylic acids is 1. The zero-order chi connectivity index (χ0) is 27.5. The predicted octanol–water partition coefficient (Wildman–Crippen LogP) is 6.56. The predicted molar refractivity (Wildman–Crippen MR) is 151 cm³/mol. The molecule has 2 amide bonds. The Balaban J connectivity index is 1.28. The molecular weight excluding hydrogens is 589 g/mol. The van der Waals surface area contributed by atoms with Crippen molar-refractivity contribution in [3.8, 4) is 11.5 Å². The molecule has 2 heterocycles. The highest BCUT2D eigenvalue weighted by Crippen LogP contribution is 2.31. The van der Waals surface area contributed by atoms with E-state index >= 15 is 0 Å². The average Bonchev–Trinajstić information content (AvgIpc) is 3.23.